The van der Waals surface area contributed by atoms with Gasteiger partial charge < -0.3 is 5.32 Å². The Balaban J connectivity index is 1.76. The van der Waals surface area contributed by atoms with Crippen molar-refractivity contribution in [2.24, 2.45) is 0 Å². The molecule has 30 heavy (non-hydrogen) atoms. The highest BCUT2D eigenvalue weighted by Gasteiger charge is 2.14. The zero-order chi connectivity index (χ0) is 21.4. The quantitative estimate of drug-likeness (QED) is 0.460. The maximum Gasteiger partial charge on any atom is 0.252 e. The summed E-state index contributed by atoms with van der Waals surface area (Å²) in [5.74, 6) is -0.973. The second kappa shape index (κ2) is 9.88. The normalized spacial score (nSPS) is 10.7. The molecule has 3 rings (SSSR count). The van der Waals surface area contributed by atoms with Crippen LogP contribution in [0.15, 0.2) is 102 Å². The van der Waals surface area contributed by atoms with Crippen LogP contribution in [-0.4, -0.2) is 20.2 Å². The van der Waals surface area contributed by atoms with E-state index in [0.717, 1.165) is 22.3 Å². The molecule has 0 aliphatic carbocycles. The van der Waals surface area contributed by atoms with Crippen molar-refractivity contribution in [2.75, 3.05) is 5.88 Å². The van der Waals surface area contributed by atoms with Gasteiger partial charge in [-0.25, -0.2) is 8.42 Å². The lowest BCUT2D eigenvalue weighted by atomic mass is 9.99. The number of benzene rings is 3. The van der Waals surface area contributed by atoms with Gasteiger partial charge in [0, 0.05) is 18.1 Å². The molecule has 0 aliphatic rings. The third kappa shape index (κ3) is 6.05. The monoisotopic (exact) mass is 417 g/mol. The number of carbonyl (C=O) groups excluding carboxylic acids is 1. The molecule has 1 amide bonds. The molecule has 0 bridgehead atoms. The fourth-order valence-corrected chi connectivity index (χ4v) is 3.92. The van der Waals surface area contributed by atoms with E-state index < -0.39 is 21.6 Å². The molecule has 1 N–H and O–H groups in total. The number of carbonyl (C=O) groups is 1. The van der Waals surface area contributed by atoms with E-state index in [2.05, 4.69) is 11.0 Å². The molecule has 5 heteroatoms. The van der Waals surface area contributed by atoms with Crippen LogP contribution in [0.4, 0.5) is 0 Å². The van der Waals surface area contributed by atoms with E-state index in [4.69, 9.17) is 0 Å². The summed E-state index contributed by atoms with van der Waals surface area (Å²) < 4.78 is 24.8. The van der Waals surface area contributed by atoms with Crippen LogP contribution in [0.5, 0.6) is 0 Å². The first kappa shape index (κ1) is 21.3. The van der Waals surface area contributed by atoms with Gasteiger partial charge >= 0.3 is 0 Å². The van der Waals surface area contributed by atoms with E-state index in [1.54, 1.807) is 24.3 Å². The highest BCUT2D eigenvalue weighted by molar-refractivity contribution is 7.91. The number of nitrogens with one attached hydrogen (secondary N) is 1. The van der Waals surface area contributed by atoms with Gasteiger partial charge in [0.05, 0.1) is 4.90 Å². The van der Waals surface area contributed by atoms with Crippen molar-refractivity contribution < 1.29 is 13.2 Å². The lowest BCUT2D eigenvalue weighted by Gasteiger charge is -2.06. The molecule has 0 spiro atoms. The third-order valence-corrected chi connectivity index (χ3v) is 6.05. The summed E-state index contributed by atoms with van der Waals surface area (Å²) in [6, 6.07) is 26.1. The van der Waals surface area contributed by atoms with Gasteiger partial charge in [-0.1, -0.05) is 78.4 Å². The van der Waals surface area contributed by atoms with Crippen molar-refractivity contribution in [3.63, 3.8) is 0 Å². The maximum absolute atomic E-state index is 12.4. The van der Waals surface area contributed by atoms with Crippen LogP contribution in [0.25, 0.3) is 5.57 Å². The highest BCUT2D eigenvalue weighted by Crippen LogP contribution is 2.18. The predicted octanol–water partition coefficient (Wildman–Crippen LogP) is 4.32. The first-order valence-corrected chi connectivity index (χ1v) is 11.2. The molecule has 0 saturated carbocycles. The summed E-state index contributed by atoms with van der Waals surface area (Å²) in [6.45, 7) is 1.88. The largest absolute Gasteiger partial charge is 0.338 e. The van der Waals surface area contributed by atoms with Crippen molar-refractivity contribution >= 4 is 21.3 Å². The zero-order valence-electron chi connectivity index (χ0n) is 16.7. The minimum absolute atomic E-state index is 0.182. The fourth-order valence-electron chi connectivity index (χ4n) is 2.87. The lowest BCUT2D eigenvalue weighted by molar-refractivity contribution is -0.116. The zero-order valence-corrected chi connectivity index (χ0v) is 17.5. The van der Waals surface area contributed by atoms with E-state index in [1.807, 2.05) is 67.6 Å². The van der Waals surface area contributed by atoms with Gasteiger partial charge in [-0.05, 0) is 30.2 Å². The standard InChI is InChI=1S/C25H23NO3S/c1-20-12-15-24(16-13-20)30(28,29)19-26-25(27)17-14-23(22-10-6-3-7-11-22)18-21-8-4-2-5-9-21/h2-13,15-17H,18-19H2,1H3,(H,26,27). The second-order valence-electron chi connectivity index (χ2n) is 6.91. The van der Waals surface area contributed by atoms with Crippen LogP contribution in [-0.2, 0) is 21.1 Å². The molecule has 0 heterocycles. The molecular formula is C25H23NO3S. The van der Waals surface area contributed by atoms with Crippen molar-refractivity contribution in [3.05, 3.63) is 113 Å². The first-order chi connectivity index (χ1) is 14.4. The van der Waals surface area contributed by atoms with Crippen molar-refractivity contribution in [3.8, 4) is 0 Å². The van der Waals surface area contributed by atoms with E-state index in [-0.39, 0.29) is 4.90 Å². The number of hydrogen-bond donors (Lipinski definition) is 1. The minimum atomic E-state index is -3.60. The Bertz CT molecular complexity index is 1160. The maximum atomic E-state index is 12.4. The fraction of sp³-hybridized carbons (Fsp3) is 0.120. The highest BCUT2D eigenvalue weighted by atomic mass is 32.2. The molecule has 0 fully saturated rings. The third-order valence-electron chi connectivity index (χ3n) is 4.54. The average molecular weight is 418 g/mol. The molecule has 152 valence electrons. The Morgan fingerprint density at radius 3 is 2.13 bits per heavy atom. The van der Waals surface area contributed by atoms with Gasteiger partial charge in [-0.15, -0.1) is 5.73 Å². The summed E-state index contributed by atoms with van der Waals surface area (Å²) in [7, 11) is -3.60. The average Bonchev–Trinajstić information content (AvgIpc) is 2.77. The van der Waals surface area contributed by atoms with Crippen molar-refractivity contribution in [1.29, 1.82) is 0 Å². The molecule has 0 atom stereocenters. The lowest BCUT2D eigenvalue weighted by Crippen LogP contribution is -2.28. The van der Waals surface area contributed by atoms with E-state index >= 15 is 0 Å². The van der Waals surface area contributed by atoms with E-state index in [0.29, 0.717) is 6.42 Å². The minimum Gasteiger partial charge on any atom is -0.338 e. The van der Waals surface area contributed by atoms with Gasteiger partial charge in [-0.3, -0.25) is 4.79 Å². The number of rotatable bonds is 7. The van der Waals surface area contributed by atoms with Gasteiger partial charge in [-0.2, -0.15) is 0 Å². The Kier molecular flexibility index (Phi) is 7.02. The topological polar surface area (TPSA) is 63.2 Å². The molecule has 4 nitrogen and oxygen atoms in total. The molecular weight excluding hydrogens is 394 g/mol. The summed E-state index contributed by atoms with van der Waals surface area (Å²) in [6.07, 6.45) is 1.87. The molecule has 3 aromatic rings. The Morgan fingerprint density at radius 1 is 0.900 bits per heavy atom. The van der Waals surface area contributed by atoms with E-state index in [1.165, 1.54) is 6.08 Å². The summed E-state index contributed by atoms with van der Waals surface area (Å²) >= 11 is 0. The second-order valence-corrected chi connectivity index (χ2v) is 8.90. The summed E-state index contributed by atoms with van der Waals surface area (Å²) in [4.78, 5) is 12.4. The predicted molar refractivity (Wildman–Crippen MR) is 119 cm³/mol. The van der Waals surface area contributed by atoms with Crippen LogP contribution in [0.1, 0.15) is 16.7 Å². The number of hydrogen-bond acceptors (Lipinski definition) is 3. The first-order valence-electron chi connectivity index (χ1n) is 9.56. The van der Waals surface area contributed by atoms with Crippen LogP contribution < -0.4 is 5.32 Å². The van der Waals surface area contributed by atoms with Gasteiger partial charge in [0.15, 0.2) is 9.84 Å². The molecule has 0 aliphatic heterocycles. The van der Waals surface area contributed by atoms with Crippen LogP contribution in [0.3, 0.4) is 0 Å². The Hall–Kier alpha value is -3.40. The Morgan fingerprint density at radius 2 is 1.50 bits per heavy atom. The molecule has 0 saturated heterocycles. The van der Waals surface area contributed by atoms with Crippen LogP contribution >= 0.6 is 0 Å². The van der Waals surface area contributed by atoms with E-state index in [9.17, 15) is 13.2 Å². The molecule has 0 aromatic heterocycles. The summed E-state index contributed by atoms with van der Waals surface area (Å²) in [5, 5.41) is 2.45. The van der Waals surface area contributed by atoms with Gasteiger partial charge in [0.25, 0.3) is 5.91 Å². The van der Waals surface area contributed by atoms with Crippen molar-refractivity contribution in [2.45, 2.75) is 18.2 Å². The van der Waals surface area contributed by atoms with Gasteiger partial charge in [0.1, 0.15) is 5.88 Å². The number of amides is 1. The van der Waals surface area contributed by atoms with Gasteiger partial charge in [0.2, 0.25) is 0 Å². The SMILES string of the molecule is Cc1ccc(S(=O)(=O)CNC(=O)C=C=C(Cc2ccccc2)c2ccccc2)cc1. The number of sulfone groups is 1. The van der Waals surface area contributed by atoms with Crippen LogP contribution in [0.2, 0.25) is 0 Å². The summed E-state index contributed by atoms with van der Waals surface area (Å²) in [5.41, 5.74) is 6.92. The van der Waals surface area contributed by atoms with Crippen molar-refractivity contribution in [1.82, 2.24) is 5.32 Å². The van der Waals surface area contributed by atoms with Crippen LogP contribution in [0, 0.1) is 6.92 Å². The molecule has 0 unspecified atom stereocenters. The smallest absolute Gasteiger partial charge is 0.252 e. The molecule has 0 radical (unpaired) electrons. The molecule has 3 aromatic carbocycles. The Labute approximate surface area is 177 Å². The number of aryl methyl sites for hydroxylation is 1.